The van der Waals surface area contributed by atoms with Crippen LogP contribution in [-0.2, 0) is 54.5 Å². The van der Waals surface area contributed by atoms with Crippen molar-refractivity contribution in [2.45, 2.75) is 131 Å². The monoisotopic (exact) mass is 1730 g/mol. The number of carbonyl (C=O) groups excluding carboxylic acids is 1. The number of esters is 1. The fraction of sp³-hybridized carbons (Fsp3) is 0.474. The third-order valence-corrected chi connectivity index (χ3v) is 25.8. The Morgan fingerprint density at radius 3 is 0.896 bits per heavy atom. The average molecular weight is 1730 g/mol. The zero-order valence-electron chi connectivity index (χ0n) is 76.5. The highest BCUT2D eigenvalue weighted by Gasteiger charge is 2.49. The minimum atomic E-state index is -1.48. The van der Waals surface area contributed by atoms with Crippen LogP contribution in [0.5, 0.6) is 138 Å². The van der Waals surface area contributed by atoms with Crippen molar-refractivity contribution in [2.75, 3.05) is 141 Å². The van der Waals surface area contributed by atoms with E-state index in [9.17, 15) is 15.0 Å². The first kappa shape index (κ1) is 90.8. The Kier molecular flexibility index (Phi) is 27.2. The van der Waals surface area contributed by atoms with Gasteiger partial charge in [-0.15, -0.1) is 0 Å². The van der Waals surface area contributed by atoms with Gasteiger partial charge < -0.3 is 129 Å². The van der Waals surface area contributed by atoms with Gasteiger partial charge in [0, 0.05) is 62.1 Å². The molecule has 0 bridgehead atoms. The summed E-state index contributed by atoms with van der Waals surface area (Å²) >= 11 is 0. The molecule has 28 heteroatoms. The van der Waals surface area contributed by atoms with Crippen molar-refractivity contribution in [3.63, 3.8) is 0 Å². The molecule has 125 heavy (non-hydrogen) atoms. The predicted molar refractivity (Wildman–Crippen MR) is 467 cm³/mol. The second-order valence-corrected chi connectivity index (χ2v) is 32.8. The summed E-state index contributed by atoms with van der Waals surface area (Å²) in [5, 5.41) is 23.3. The van der Waals surface area contributed by atoms with Crippen LogP contribution in [0.4, 0.5) is 0 Å². The Morgan fingerprint density at radius 2 is 0.584 bits per heavy atom. The maximum absolute atomic E-state index is 13.0. The van der Waals surface area contributed by atoms with Crippen molar-refractivity contribution >= 4 is 5.97 Å². The van der Waals surface area contributed by atoms with Crippen molar-refractivity contribution in [1.29, 1.82) is 0 Å². The molecule has 0 saturated carbocycles. The lowest BCUT2D eigenvalue weighted by molar-refractivity contribution is -0.167. The van der Waals surface area contributed by atoms with E-state index in [2.05, 4.69) is 52.0 Å². The van der Waals surface area contributed by atoms with E-state index >= 15 is 0 Å². The summed E-state index contributed by atoms with van der Waals surface area (Å²) in [6, 6.07) is 15.7. The molecule has 0 radical (unpaired) electrons. The van der Waals surface area contributed by atoms with Gasteiger partial charge in [0.05, 0.1) is 119 Å². The van der Waals surface area contributed by atoms with E-state index in [0.29, 0.717) is 186 Å². The van der Waals surface area contributed by atoms with E-state index in [1.54, 1.807) is 125 Å². The standard InChI is InChI=1S/C28H34O9.C24H32O7.C23H28O6.C22H24O6/c1-9-14(2)27(29)37-26-17-12-18(31-5)22(32-6)25(34-8)21(17)20-16(10-15(3)28(26,4)30)11-19-23(24(20)33-7)36-13-35-19;1-13-9-14-10-16(26-3)20(28-5)22(30-7)18(14)19-15(12-24(13,2)25)11-17(27-4)21(29-6)23(19)31-8;1-12-7-14-9-16(24-3)20(25-4)22(26-5)18(14)19-15(8-13(12)2)10-17-21(23(19)27-6)29-11-28-17;1-11-5-13-7-15-19(27-9-25-15)21(23-3)17(13)18-14(6-12(11)2)8-16-20(22(18)24-4)28-10-26-16/h9,11-12,15,26,30H,10,13H2,1-8H3;10-11,13,25H,9,12H2,1-8H3;9-10,12-13H,7-8,11H2,1-6H3;7-8,11-12H,5-6,9-10H2,1-4H3/b14-9+;;;/t;13-,24-;;/m.0../s1. The molecule has 0 spiro atoms. The van der Waals surface area contributed by atoms with Crippen LogP contribution >= 0.6 is 0 Å². The fourth-order valence-electron chi connectivity index (χ4n) is 18.2. The Morgan fingerprint density at radius 1 is 0.328 bits per heavy atom. The molecule has 8 aromatic carbocycles. The van der Waals surface area contributed by atoms with E-state index in [-0.39, 0.29) is 39.0 Å². The van der Waals surface area contributed by atoms with Gasteiger partial charge in [-0.1, -0.05) is 47.6 Å². The van der Waals surface area contributed by atoms with Crippen molar-refractivity contribution in [3.05, 3.63) is 105 Å². The van der Waals surface area contributed by atoms with E-state index < -0.39 is 23.3 Å². The quantitative estimate of drug-likeness (QED) is 0.0596. The molecule has 0 fully saturated rings. The first-order valence-electron chi connectivity index (χ1n) is 41.6. The summed E-state index contributed by atoms with van der Waals surface area (Å²) in [4.78, 5) is 13.0. The Labute approximate surface area is 731 Å². The lowest BCUT2D eigenvalue weighted by Gasteiger charge is -2.41. The van der Waals surface area contributed by atoms with Gasteiger partial charge >= 0.3 is 5.97 Å². The van der Waals surface area contributed by atoms with Gasteiger partial charge in [0.1, 0.15) is 5.60 Å². The predicted octanol–water partition coefficient (Wildman–Crippen LogP) is 17.2. The molecule has 0 aromatic heterocycles. The van der Waals surface area contributed by atoms with Gasteiger partial charge in [-0.25, -0.2) is 4.79 Å². The normalized spacial score (nSPS) is 20.9. The lowest BCUT2D eigenvalue weighted by atomic mass is 9.73. The van der Waals surface area contributed by atoms with Gasteiger partial charge in [0.2, 0.25) is 73.2 Å². The number of rotatable bonds is 18. The van der Waals surface area contributed by atoms with E-state index in [0.717, 1.165) is 104 Å². The SMILES string of the molecule is C/C=C(\C)C(=O)OC1c2cc(OC)c(OC)c(OC)c2-c2c(cc3c(c2OC)OCO3)CC(C)C1(C)O.COc1c2c(cc3c1-c1c(cc4c(c1OC)OCO4)CC(C)C(C)C3)OCO2.COc1cc2c(c(OC)c1OC)-c1c(cc(OC)c(OC)c1OC)C[C@](C)(O)[C@@H](C)C2.COc1cc2c(c(OC)c1OC)-c1c(cc3c(c1OC)OCO3)CC(C)C(C)C2. The molecule has 0 amide bonds. The first-order valence-corrected chi connectivity index (χ1v) is 41.6. The number of ether oxygens (including phenoxy) is 25. The number of allylic oxidation sites excluding steroid dienone is 1. The molecule has 8 aliphatic rings. The van der Waals surface area contributed by atoms with Crippen LogP contribution in [0.25, 0.3) is 44.5 Å². The van der Waals surface area contributed by atoms with Crippen molar-refractivity contribution in [3.8, 4) is 182 Å². The zero-order chi connectivity index (χ0) is 90.1. The molecule has 7 unspecified atom stereocenters. The molecule has 2 N–H and O–H groups in total. The third kappa shape index (κ3) is 16.3. The number of methoxy groups -OCH3 is 16. The first-order chi connectivity index (χ1) is 60.1. The van der Waals surface area contributed by atoms with E-state index in [4.69, 9.17) is 118 Å². The van der Waals surface area contributed by atoms with Gasteiger partial charge in [0.15, 0.2) is 98.1 Å². The molecule has 0 saturated heterocycles. The summed E-state index contributed by atoms with van der Waals surface area (Å²) in [5.41, 5.74) is 12.5. The molecule has 16 rings (SSSR count). The molecular weight excluding hydrogens is 1610 g/mol. The molecule has 8 aromatic rings. The Hall–Kier alpha value is -11.9. The number of hydrogen-bond acceptors (Lipinski definition) is 28. The second kappa shape index (κ2) is 37.5. The van der Waals surface area contributed by atoms with Gasteiger partial charge in [-0.05, 0) is 189 Å². The van der Waals surface area contributed by atoms with E-state index in [1.165, 1.54) is 32.5 Å². The summed E-state index contributed by atoms with van der Waals surface area (Å²) < 4.78 is 144. The smallest absolute Gasteiger partial charge is 0.334 e. The summed E-state index contributed by atoms with van der Waals surface area (Å²) in [6.07, 6.45) is 5.64. The zero-order valence-corrected chi connectivity index (χ0v) is 76.5. The molecule has 4 aliphatic carbocycles. The number of hydrogen-bond donors (Lipinski definition) is 2. The number of carbonyl (C=O) groups is 1. The summed E-state index contributed by atoms with van der Waals surface area (Å²) in [5.74, 6) is 14.6. The Bertz CT molecular complexity index is 5330. The number of benzene rings is 8. The lowest BCUT2D eigenvalue weighted by Crippen LogP contribution is -2.44. The van der Waals surface area contributed by atoms with Crippen molar-refractivity contribution in [1.82, 2.24) is 0 Å². The molecular formula is C97H118O28. The van der Waals surface area contributed by atoms with Gasteiger partial charge in [-0.3, -0.25) is 0 Å². The molecule has 674 valence electrons. The van der Waals surface area contributed by atoms with E-state index in [1.807, 2.05) is 39.0 Å². The molecule has 4 heterocycles. The fourth-order valence-corrected chi connectivity index (χ4v) is 18.2. The minimum Gasteiger partial charge on any atom is -0.493 e. The average Bonchev–Trinajstić information content (AvgIpc) is 1.66. The van der Waals surface area contributed by atoms with Crippen LogP contribution in [0.2, 0.25) is 0 Å². The maximum atomic E-state index is 13.0. The van der Waals surface area contributed by atoms with Crippen molar-refractivity contribution in [2.24, 2.45) is 35.5 Å². The molecule has 9 atom stereocenters. The topological polar surface area (TPSA) is 288 Å². The minimum absolute atomic E-state index is 0.0405. The highest BCUT2D eigenvalue weighted by atomic mass is 16.7. The molecule has 28 nitrogen and oxygen atoms in total. The Balaban J connectivity index is 0.000000144. The largest absolute Gasteiger partial charge is 0.493 e. The summed E-state index contributed by atoms with van der Waals surface area (Å²) in [6.45, 7) is 20.7. The number of fused-ring (bicyclic) bond motifs is 16. The van der Waals surface area contributed by atoms with Gasteiger partial charge in [0.25, 0.3) is 0 Å². The van der Waals surface area contributed by atoms with Crippen LogP contribution in [0.1, 0.15) is 120 Å². The third-order valence-electron chi connectivity index (χ3n) is 25.8. The van der Waals surface area contributed by atoms with Crippen LogP contribution < -0.4 is 114 Å². The second-order valence-electron chi connectivity index (χ2n) is 32.8. The summed E-state index contributed by atoms with van der Waals surface area (Å²) in [7, 11) is 25.5. The van der Waals surface area contributed by atoms with Crippen LogP contribution in [0.15, 0.2) is 60.2 Å². The number of aliphatic hydroxyl groups is 2. The van der Waals surface area contributed by atoms with Crippen LogP contribution in [0.3, 0.4) is 0 Å². The van der Waals surface area contributed by atoms with Crippen LogP contribution in [-0.4, -0.2) is 168 Å². The van der Waals surface area contributed by atoms with Gasteiger partial charge in [-0.2, -0.15) is 0 Å². The highest BCUT2D eigenvalue weighted by molar-refractivity contribution is 5.94. The molecule has 4 aliphatic heterocycles. The highest BCUT2D eigenvalue weighted by Crippen LogP contribution is 2.64. The van der Waals surface area contributed by atoms with Crippen molar-refractivity contribution < 1.29 is 133 Å². The maximum Gasteiger partial charge on any atom is 0.334 e. The van der Waals surface area contributed by atoms with Crippen LogP contribution in [0, 0.1) is 35.5 Å².